The van der Waals surface area contributed by atoms with Crippen molar-refractivity contribution >= 4 is 11.8 Å². The van der Waals surface area contributed by atoms with Gasteiger partial charge in [0, 0.05) is 13.5 Å². The Kier molecular flexibility index (Phi) is 4.42. The van der Waals surface area contributed by atoms with Gasteiger partial charge in [0.1, 0.15) is 12.1 Å². The van der Waals surface area contributed by atoms with Crippen LogP contribution >= 0.6 is 0 Å². The second kappa shape index (κ2) is 6.07. The van der Waals surface area contributed by atoms with Gasteiger partial charge in [0.25, 0.3) is 0 Å². The Bertz CT molecular complexity index is 496. The molecule has 1 heterocycles. The summed E-state index contributed by atoms with van der Waals surface area (Å²) in [6.07, 6.45) is 0.613. The number of carbonyl (C=O) groups excluding carboxylic acids is 1. The van der Waals surface area contributed by atoms with Crippen molar-refractivity contribution < 1.29 is 9.53 Å². The average molecular weight is 274 g/mol. The first-order chi connectivity index (χ1) is 9.54. The monoisotopic (exact) mass is 274 g/mol. The van der Waals surface area contributed by atoms with Crippen LogP contribution in [0, 0.1) is 5.92 Å². The molecule has 1 aliphatic rings. The van der Waals surface area contributed by atoms with Crippen molar-refractivity contribution in [2.75, 3.05) is 14.2 Å². The van der Waals surface area contributed by atoms with Gasteiger partial charge in [-0.25, -0.2) is 4.99 Å². The van der Waals surface area contributed by atoms with Gasteiger partial charge >= 0.3 is 0 Å². The maximum absolute atomic E-state index is 12.5. The van der Waals surface area contributed by atoms with Crippen LogP contribution in [-0.2, 0) is 16.0 Å². The lowest BCUT2D eigenvalue weighted by molar-refractivity contribution is -0.134. The van der Waals surface area contributed by atoms with E-state index < -0.39 is 0 Å². The molecule has 0 saturated carbocycles. The van der Waals surface area contributed by atoms with Crippen LogP contribution in [0.4, 0.5) is 0 Å². The van der Waals surface area contributed by atoms with E-state index in [1.807, 2.05) is 37.4 Å². The first-order valence-electron chi connectivity index (χ1n) is 6.97. The number of benzene rings is 1. The molecule has 0 aromatic heterocycles. The van der Waals surface area contributed by atoms with E-state index in [1.165, 1.54) is 0 Å². The molecule has 2 rings (SSSR count). The third-order valence-corrected chi connectivity index (χ3v) is 3.70. The molecule has 0 N–H and O–H groups in total. The maximum atomic E-state index is 12.5. The molecule has 108 valence electrons. The van der Waals surface area contributed by atoms with Crippen LogP contribution in [0.3, 0.4) is 0 Å². The SMILES string of the molecule is COC1=N[C@@H](Cc2ccccc2)C(=O)N(C)[C@H]1C(C)C. The van der Waals surface area contributed by atoms with Gasteiger partial charge in [-0.2, -0.15) is 0 Å². The minimum absolute atomic E-state index is 0.0633. The number of methoxy groups -OCH3 is 1. The molecule has 0 spiro atoms. The van der Waals surface area contributed by atoms with E-state index in [4.69, 9.17) is 4.74 Å². The van der Waals surface area contributed by atoms with Crippen molar-refractivity contribution in [2.45, 2.75) is 32.4 Å². The predicted molar refractivity (Wildman–Crippen MR) is 79.8 cm³/mol. The number of hydrogen-bond acceptors (Lipinski definition) is 3. The lowest BCUT2D eigenvalue weighted by Crippen LogP contribution is -2.54. The molecule has 0 fully saturated rings. The van der Waals surface area contributed by atoms with Crippen molar-refractivity contribution in [3.63, 3.8) is 0 Å². The van der Waals surface area contributed by atoms with Crippen LogP contribution in [-0.4, -0.2) is 42.9 Å². The Hall–Kier alpha value is -1.84. The van der Waals surface area contributed by atoms with Gasteiger partial charge in [-0.05, 0) is 11.5 Å². The van der Waals surface area contributed by atoms with Crippen LogP contribution in [0.15, 0.2) is 35.3 Å². The molecule has 4 nitrogen and oxygen atoms in total. The highest BCUT2D eigenvalue weighted by Gasteiger charge is 2.37. The Morgan fingerprint density at radius 3 is 2.50 bits per heavy atom. The molecule has 1 amide bonds. The molecule has 2 atom stereocenters. The van der Waals surface area contributed by atoms with Gasteiger partial charge < -0.3 is 9.64 Å². The summed E-state index contributed by atoms with van der Waals surface area (Å²) in [7, 11) is 3.45. The minimum Gasteiger partial charge on any atom is -0.483 e. The molecule has 0 saturated heterocycles. The van der Waals surface area contributed by atoms with Gasteiger partial charge in [-0.1, -0.05) is 44.2 Å². The van der Waals surface area contributed by atoms with E-state index >= 15 is 0 Å². The summed E-state index contributed by atoms with van der Waals surface area (Å²) >= 11 is 0. The van der Waals surface area contributed by atoms with Gasteiger partial charge in [0.05, 0.1) is 7.11 Å². The summed E-state index contributed by atoms with van der Waals surface area (Å²) < 4.78 is 5.41. The fraction of sp³-hybridized carbons (Fsp3) is 0.500. The number of likely N-dealkylation sites (N-methyl/N-ethyl adjacent to an activating group) is 1. The second-order valence-electron chi connectivity index (χ2n) is 5.51. The highest BCUT2D eigenvalue weighted by atomic mass is 16.5. The van der Waals surface area contributed by atoms with E-state index in [0.717, 1.165) is 5.56 Å². The smallest absolute Gasteiger partial charge is 0.248 e. The number of ether oxygens (including phenoxy) is 1. The van der Waals surface area contributed by atoms with E-state index in [2.05, 4.69) is 18.8 Å². The molecule has 1 aromatic rings. The lowest BCUT2D eigenvalue weighted by Gasteiger charge is -2.37. The van der Waals surface area contributed by atoms with Gasteiger partial charge in [-0.15, -0.1) is 0 Å². The van der Waals surface area contributed by atoms with Crippen LogP contribution < -0.4 is 0 Å². The van der Waals surface area contributed by atoms with Gasteiger partial charge in [-0.3, -0.25) is 4.79 Å². The van der Waals surface area contributed by atoms with E-state index in [-0.39, 0.29) is 23.9 Å². The Morgan fingerprint density at radius 2 is 1.95 bits per heavy atom. The third-order valence-electron chi connectivity index (χ3n) is 3.70. The molecule has 4 heteroatoms. The number of rotatable bonds is 3. The number of hydrogen-bond donors (Lipinski definition) is 0. The molecule has 0 radical (unpaired) electrons. The molecule has 20 heavy (non-hydrogen) atoms. The zero-order chi connectivity index (χ0) is 14.7. The first kappa shape index (κ1) is 14.6. The Labute approximate surface area is 120 Å². The predicted octanol–water partition coefficient (Wildman–Crippen LogP) is 2.14. The molecule has 0 unspecified atom stereocenters. The first-order valence-corrected chi connectivity index (χ1v) is 6.97. The molecule has 1 aromatic carbocycles. The molecular weight excluding hydrogens is 252 g/mol. The topological polar surface area (TPSA) is 41.9 Å². The highest BCUT2D eigenvalue weighted by Crippen LogP contribution is 2.21. The van der Waals surface area contributed by atoms with E-state index in [9.17, 15) is 4.79 Å². The molecule has 0 aliphatic carbocycles. The van der Waals surface area contributed by atoms with Crippen molar-refractivity contribution in [3.8, 4) is 0 Å². The Balaban J connectivity index is 2.26. The maximum Gasteiger partial charge on any atom is 0.248 e. The van der Waals surface area contributed by atoms with Crippen LogP contribution in [0.2, 0.25) is 0 Å². The Morgan fingerprint density at radius 1 is 1.30 bits per heavy atom. The summed E-state index contributed by atoms with van der Waals surface area (Å²) in [6.45, 7) is 4.14. The zero-order valence-corrected chi connectivity index (χ0v) is 12.5. The molecular formula is C16H22N2O2. The van der Waals surface area contributed by atoms with Crippen molar-refractivity contribution in [1.29, 1.82) is 0 Å². The van der Waals surface area contributed by atoms with Gasteiger partial charge in [0.15, 0.2) is 0 Å². The largest absolute Gasteiger partial charge is 0.483 e. The summed E-state index contributed by atoms with van der Waals surface area (Å²) in [6, 6.07) is 9.51. The second-order valence-corrected chi connectivity index (χ2v) is 5.51. The van der Waals surface area contributed by atoms with Crippen LogP contribution in [0.5, 0.6) is 0 Å². The fourth-order valence-electron chi connectivity index (χ4n) is 2.70. The third kappa shape index (κ3) is 2.84. The lowest BCUT2D eigenvalue weighted by atomic mass is 9.97. The van der Waals surface area contributed by atoms with Crippen molar-refractivity contribution in [2.24, 2.45) is 10.9 Å². The van der Waals surface area contributed by atoms with Crippen LogP contribution in [0.1, 0.15) is 19.4 Å². The fourth-order valence-corrected chi connectivity index (χ4v) is 2.70. The standard InChI is InChI=1S/C16H22N2O2/c1-11(2)14-15(20-4)17-13(16(19)18(14)3)10-12-8-6-5-7-9-12/h5-9,11,13-14H,10H2,1-4H3/t13-,14-/m0/s1. The quantitative estimate of drug-likeness (QED) is 0.847. The molecule has 0 bridgehead atoms. The minimum atomic E-state index is -0.382. The normalized spacial score (nSPS) is 22.9. The summed E-state index contributed by atoms with van der Waals surface area (Å²) in [5.74, 6) is 0.997. The average Bonchev–Trinajstić information content (AvgIpc) is 2.44. The highest BCUT2D eigenvalue weighted by molar-refractivity contribution is 5.95. The van der Waals surface area contributed by atoms with E-state index in [1.54, 1.807) is 12.0 Å². The summed E-state index contributed by atoms with van der Waals surface area (Å²) in [5.41, 5.74) is 1.11. The van der Waals surface area contributed by atoms with Crippen molar-refractivity contribution in [3.05, 3.63) is 35.9 Å². The van der Waals surface area contributed by atoms with Crippen LogP contribution in [0.25, 0.3) is 0 Å². The molecule has 1 aliphatic heterocycles. The summed E-state index contributed by atoms with van der Waals surface area (Å²) in [5, 5.41) is 0. The van der Waals surface area contributed by atoms with E-state index in [0.29, 0.717) is 12.3 Å². The number of aliphatic imine (C=N–C) groups is 1. The number of amides is 1. The summed E-state index contributed by atoms with van der Waals surface area (Å²) in [4.78, 5) is 18.8. The number of nitrogens with zero attached hydrogens (tertiary/aromatic N) is 2. The van der Waals surface area contributed by atoms with Gasteiger partial charge in [0.2, 0.25) is 11.8 Å². The zero-order valence-electron chi connectivity index (χ0n) is 12.5. The number of carbonyl (C=O) groups is 1. The van der Waals surface area contributed by atoms with Crippen molar-refractivity contribution in [1.82, 2.24) is 4.90 Å².